The third kappa shape index (κ3) is 10.8. The monoisotopic (exact) mass is 665 g/mol. The number of nitriles is 1. The Kier molecular flexibility index (Phi) is 14.7. The van der Waals surface area contributed by atoms with Crippen molar-refractivity contribution < 1.29 is 71.4 Å². The third-order valence-electron chi connectivity index (χ3n) is 5.98. The molecule has 0 aromatic carbocycles. The van der Waals surface area contributed by atoms with Crippen molar-refractivity contribution in [1.29, 1.82) is 5.26 Å². The molecule has 246 valence electrons. The number of nitrogens with zero attached hydrogens (tertiary/aromatic N) is 1. The topological polar surface area (TPSA) is 209 Å². The highest BCUT2D eigenvalue weighted by molar-refractivity contribution is 8.04. The van der Waals surface area contributed by atoms with Crippen LogP contribution in [0.25, 0.3) is 0 Å². The van der Waals surface area contributed by atoms with Crippen molar-refractivity contribution in [2.24, 2.45) is 0 Å². The van der Waals surface area contributed by atoms with Crippen LogP contribution < -0.4 is 0 Å². The third-order valence-corrected chi connectivity index (χ3v) is 8.14. The number of hydrogen-bond acceptors (Lipinski definition) is 18. The highest BCUT2D eigenvalue weighted by Crippen LogP contribution is 2.42. The second-order valence-electron chi connectivity index (χ2n) is 9.50. The smallest absolute Gasteiger partial charge is 0.303 e. The molecule has 2 fully saturated rings. The highest BCUT2D eigenvalue weighted by atomic mass is 32.2. The molecule has 2 aliphatic rings. The molecule has 2 saturated heterocycles. The molecule has 10 atom stereocenters. The summed E-state index contributed by atoms with van der Waals surface area (Å²) in [6, 6.07) is 0. The van der Waals surface area contributed by atoms with Gasteiger partial charge in [0.1, 0.15) is 23.5 Å². The molecule has 0 aromatic rings. The molecule has 2 heterocycles. The molecule has 0 aliphatic carbocycles. The lowest BCUT2D eigenvalue weighted by Gasteiger charge is -2.48. The van der Waals surface area contributed by atoms with E-state index in [-0.39, 0.29) is 5.75 Å². The minimum Gasteiger partial charge on any atom is -0.463 e. The van der Waals surface area contributed by atoms with Gasteiger partial charge in [-0.25, -0.2) is 0 Å². The number of esters is 6. The summed E-state index contributed by atoms with van der Waals surface area (Å²) in [5, 5.41) is 10.2. The molecule has 0 aromatic heterocycles. The van der Waals surface area contributed by atoms with Gasteiger partial charge >= 0.3 is 35.8 Å². The van der Waals surface area contributed by atoms with Crippen LogP contribution >= 0.6 is 23.5 Å². The molecule has 0 bridgehead atoms. The minimum absolute atomic E-state index is 0.0177. The minimum atomic E-state index is -1.45. The molecule has 44 heavy (non-hydrogen) atoms. The van der Waals surface area contributed by atoms with Crippen LogP contribution in [0.5, 0.6) is 0 Å². The molecule has 18 heteroatoms. The maximum absolute atomic E-state index is 12.3. The normalized spacial score (nSPS) is 31.4. The highest BCUT2D eigenvalue weighted by Gasteiger charge is 2.57. The molecule has 16 nitrogen and oxygen atoms in total. The molecule has 2 aliphatic heterocycles. The van der Waals surface area contributed by atoms with Crippen LogP contribution in [-0.4, -0.2) is 115 Å². The van der Waals surface area contributed by atoms with E-state index in [9.17, 15) is 34.0 Å². The maximum Gasteiger partial charge on any atom is 0.303 e. The predicted octanol–water partition coefficient (Wildman–Crippen LogP) is 0.620. The van der Waals surface area contributed by atoms with Crippen molar-refractivity contribution in [2.45, 2.75) is 101 Å². The van der Waals surface area contributed by atoms with E-state index in [1.807, 2.05) is 5.40 Å². The summed E-state index contributed by atoms with van der Waals surface area (Å²) in [5.41, 5.74) is -1.28. The Hall–Kier alpha value is -3.11. The van der Waals surface area contributed by atoms with Crippen molar-refractivity contribution in [3.05, 3.63) is 0 Å². The van der Waals surface area contributed by atoms with E-state index in [0.29, 0.717) is 0 Å². The maximum atomic E-state index is 12.3. The molecule has 0 amide bonds. The first-order chi connectivity index (χ1) is 20.7. The summed E-state index contributed by atoms with van der Waals surface area (Å²) < 4.78 is 50.2. The summed E-state index contributed by atoms with van der Waals surface area (Å²) in [7, 11) is 1.29. The number of thioether (sulfide) groups is 2. The van der Waals surface area contributed by atoms with Crippen molar-refractivity contribution in [1.82, 2.24) is 0 Å². The summed E-state index contributed by atoms with van der Waals surface area (Å²) in [6.45, 7) is 6.23. The van der Waals surface area contributed by atoms with Gasteiger partial charge in [0.15, 0.2) is 36.8 Å². The standard InChI is InChI=1S/C26H35NO15S2/c1-11(28)35-8-17-19(36-12(2)29)20(37-13(3)30)23(40-16(6)33)26(42-17)44-24-18(9-43-10-27)41-25(34-7)22(39-15(5)32)21(24)38-14(4)31/h17-26H,8-9H2,1-7H3/t17-,18-,19+,20+,21-,22-,23-,24+,25+,26+/m1/s1. The predicted molar refractivity (Wildman–Crippen MR) is 148 cm³/mol. The van der Waals surface area contributed by atoms with E-state index in [1.165, 1.54) is 7.11 Å². The van der Waals surface area contributed by atoms with Gasteiger partial charge in [0.05, 0.1) is 11.4 Å². The number of carbonyl (C=O) groups excluding carboxylic acids is 6. The van der Waals surface area contributed by atoms with E-state index >= 15 is 0 Å². The van der Waals surface area contributed by atoms with Gasteiger partial charge in [-0.2, -0.15) is 5.26 Å². The number of ether oxygens (including phenoxy) is 9. The van der Waals surface area contributed by atoms with Crippen LogP contribution in [0.2, 0.25) is 0 Å². The van der Waals surface area contributed by atoms with Gasteiger partial charge in [0.25, 0.3) is 0 Å². The van der Waals surface area contributed by atoms with Crippen LogP contribution in [0, 0.1) is 10.7 Å². The zero-order chi connectivity index (χ0) is 33.1. The summed E-state index contributed by atoms with van der Waals surface area (Å²) in [4.78, 5) is 72.4. The van der Waals surface area contributed by atoms with E-state index < -0.39 is 102 Å². The van der Waals surface area contributed by atoms with Gasteiger partial charge in [0.2, 0.25) is 0 Å². The zero-order valence-electron chi connectivity index (χ0n) is 25.1. The lowest BCUT2D eigenvalue weighted by atomic mass is 9.99. The van der Waals surface area contributed by atoms with Crippen LogP contribution in [-0.2, 0) is 71.4 Å². The number of methoxy groups -OCH3 is 1. The Morgan fingerprint density at radius 1 is 0.659 bits per heavy atom. The first-order valence-corrected chi connectivity index (χ1v) is 15.1. The Labute approximate surface area is 261 Å². The second kappa shape index (κ2) is 17.4. The van der Waals surface area contributed by atoms with E-state index in [2.05, 4.69) is 0 Å². The Bertz CT molecular complexity index is 1110. The van der Waals surface area contributed by atoms with E-state index in [4.69, 9.17) is 42.6 Å². The Balaban J connectivity index is 2.67. The number of hydrogen-bond donors (Lipinski definition) is 0. The van der Waals surface area contributed by atoms with Crippen molar-refractivity contribution in [2.75, 3.05) is 19.5 Å². The summed E-state index contributed by atoms with van der Waals surface area (Å²) >= 11 is 1.71. The van der Waals surface area contributed by atoms with E-state index in [1.54, 1.807) is 0 Å². The number of thiocyanates is 1. The van der Waals surface area contributed by atoms with Gasteiger partial charge < -0.3 is 42.6 Å². The first-order valence-electron chi connectivity index (χ1n) is 13.2. The van der Waals surface area contributed by atoms with Crippen molar-refractivity contribution in [3.8, 4) is 5.40 Å². The summed E-state index contributed by atoms with van der Waals surface area (Å²) in [5.74, 6) is -4.59. The number of rotatable bonds is 12. The van der Waals surface area contributed by atoms with Crippen molar-refractivity contribution >= 4 is 59.3 Å². The molecule has 0 spiro atoms. The largest absolute Gasteiger partial charge is 0.463 e. The van der Waals surface area contributed by atoms with Gasteiger partial charge in [0, 0.05) is 54.4 Å². The van der Waals surface area contributed by atoms with Crippen LogP contribution in [0.15, 0.2) is 0 Å². The lowest BCUT2D eigenvalue weighted by Crippen LogP contribution is -2.64. The Morgan fingerprint density at radius 2 is 1.16 bits per heavy atom. The second-order valence-corrected chi connectivity index (χ2v) is 11.6. The van der Waals surface area contributed by atoms with Gasteiger partial charge in [-0.15, -0.1) is 11.8 Å². The quantitative estimate of drug-likeness (QED) is 0.159. The van der Waals surface area contributed by atoms with Gasteiger partial charge in [-0.1, -0.05) is 0 Å². The SMILES string of the molecule is CO[C@H]1O[C@H](CSC#N)[C@H](S[C@@H]2O[C@H](COC(C)=O)[C@H](OC(C)=O)[C@H](OC(C)=O)[C@H]2OC(C)=O)[C@H](OC(C)=O)[C@H]1OC(C)=O. The fraction of sp³-hybridized carbons (Fsp3) is 0.731. The van der Waals surface area contributed by atoms with Crippen LogP contribution in [0.3, 0.4) is 0 Å². The van der Waals surface area contributed by atoms with Gasteiger partial charge in [-0.3, -0.25) is 28.8 Å². The van der Waals surface area contributed by atoms with Gasteiger partial charge in [-0.05, 0) is 11.8 Å². The fourth-order valence-corrected chi connectivity index (χ4v) is 6.81. The molecular weight excluding hydrogens is 630 g/mol. The molecule has 2 rings (SSSR count). The van der Waals surface area contributed by atoms with Crippen LogP contribution in [0.1, 0.15) is 41.5 Å². The molecule has 0 N–H and O–H groups in total. The molecular formula is C26H35NO15S2. The van der Waals surface area contributed by atoms with Crippen molar-refractivity contribution in [3.63, 3.8) is 0 Å². The fourth-order valence-electron chi connectivity index (χ4n) is 4.58. The van der Waals surface area contributed by atoms with E-state index in [0.717, 1.165) is 65.1 Å². The average Bonchev–Trinajstić information content (AvgIpc) is 2.90. The first kappa shape index (κ1) is 37.1. The summed E-state index contributed by atoms with van der Waals surface area (Å²) in [6.07, 6.45) is -10.2. The van der Waals surface area contributed by atoms with Crippen LogP contribution in [0.4, 0.5) is 0 Å². The molecule has 0 radical (unpaired) electrons. The zero-order valence-corrected chi connectivity index (χ0v) is 26.7. The molecule has 0 saturated carbocycles. The Morgan fingerprint density at radius 3 is 1.66 bits per heavy atom. The average molecular weight is 666 g/mol. The number of carbonyl (C=O) groups is 6. The lowest BCUT2D eigenvalue weighted by molar-refractivity contribution is -0.261. The molecule has 0 unspecified atom stereocenters.